The van der Waals surface area contributed by atoms with Crippen LogP contribution in [0.3, 0.4) is 0 Å². The highest BCUT2D eigenvalue weighted by atomic mass is 16.5. The van der Waals surface area contributed by atoms with Crippen molar-refractivity contribution in [2.75, 3.05) is 7.11 Å². The first-order valence-electron chi connectivity index (χ1n) is 6.50. The van der Waals surface area contributed by atoms with Gasteiger partial charge in [0.15, 0.2) is 5.78 Å². The molecule has 18 heavy (non-hydrogen) atoms. The number of carbonyl (C=O) groups excluding carboxylic acids is 1. The smallest absolute Gasteiger partial charge is 0.161 e. The Balaban J connectivity index is 1.81. The summed E-state index contributed by atoms with van der Waals surface area (Å²) < 4.78 is 10.7. The lowest BCUT2D eigenvalue weighted by atomic mass is 10.0. The molecule has 1 aliphatic rings. The molecule has 0 aromatic heterocycles. The summed E-state index contributed by atoms with van der Waals surface area (Å²) >= 11 is 0. The zero-order chi connectivity index (χ0) is 13.0. The van der Waals surface area contributed by atoms with Crippen LogP contribution >= 0.6 is 0 Å². The molecular weight excluding hydrogens is 228 g/mol. The molecule has 1 fully saturated rings. The Morgan fingerprint density at radius 3 is 2.61 bits per heavy atom. The number of Topliss-reactive ketones (excluding diaryl/α,β-unsaturated/α-hetero) is 1. The van der Waals surface area contributed by atoms with Gasteiger partial charge in [-0.1, -0.05) is 12.1 Å². The number of aryl methyl sites for hydroxylation is 1. The summed E-state index contributed by atoms with van der Waals surface area (Å²) in [6, 6.07) is 7.86. The van der Waals surface area contributed by atoms with E-state index in [4.69, 9.17) is 9.47 Å². The summed E-state index contributed by atoms with van der Waals surface area (Å²) in [6.45, 7) is 2.02. The van der Waals surface area contributed by atoms with E-state index >= 15 is 0 Å². The van der Waals surface area contributed by atoms with Gasteiger partial charge in [-0.3, -0.25) is 4.79 Å². The number of benzene rings is 1. The minimum atomic E-state index is -0.168. The van der Waals surface area contributed by atoms with Crippen molar-refractivity contribution in [3.05, 3.63) is 29.8 Å². The highest BCUT2D eigenvalue weighted by Crippen LogP contribution is 2.21. The van der Waals surface area contributed by atoms with Gasteiger partial charge in [-0.05, 0) is 43.9 Å². The predicted octanol–water partition coefficient (Wildman–Crippen LogP) is 2.76. The Morgan fingerprint density at radius 1 is 1.33 bits per heavy atom. The monoisotopic (exact) mass is 248 g/mol. The lowest BCUT2D eigenvalue weighted by Gasteiger charge is -2.10. The van der Waals surface area contributed by atoms with Gasteiger partial charge in [0.2, 0.25) is 0 Å². The van der Waals surface area contributed by atoms with Crippen LogP contribution in [-0.2, 0) is 16.0 Å². The van der Waals surface area contributed by atoms with Crippen LogP contribution < -0.4 is 4.74 Å². The van der Waals surface area contributed by atoms with E-state index in [1.807, 2.05) is 31.2 Å². The Morgan fingerprint density at radius 2 is 2.06 bits per heavy atom. The number of rotatable bonds is 5. The second kappa shape index (κ2) is 6.01. The highest BCUT2D eigenvalue weighted by Gasteiger charge is 2.27. The molecule has 0 aliphatic carbocycles. The van der Waals surface area contributed by atoms with Gasteiger partial charge in [0.25, 0.3) is 0 Å². The Kier molecular flexibility index (Phi) is 4.37. The maximum atomic E-state index is 11.9. The minimum absolute atomic E-state index is 0.168. The van der Waals surface area contributed by atoms with Gasteiger partial charge in [-0.2, -0.15) is 0 Å². The van der Waals surface area contributed by atoms with Gasteiger partial charge in [0, 0.05) is 6.42 Å². The molecule has 3 heteroatoms. The Labute approximate surface area is 108 Å². The quantitative estimate of drug-likeness (QED) is 0.803. The van der Waals surface area contributed by atoms with Crippen molar-refractivity contribution in [3.8, 4) is 5.75 Å². The summed E-state index contributed by atoms with van der Waals surface area (Å²) in [5.74, 6) is 1.08. The number of ketones is 1. The zero-order valence-corrected chi connectivity index (χ0v) is 11.0. The molecule has 0 radical (unpaired) electrons. The van der Waals surface area contributed by atoms with Gasteiger partial charge in [-0.15, -0.1) is 0 Å². The van der Waals surface area contributed by atoms with E-state index in [-0.39, 0.29) is 18.0 Å². The maximum absolute atomic E-state index is 11.9. The van der Waals surface area contributed by atoms with Gasteiger partial charge in [0.1, 0.15) is 11.9 Å². The van der Waals surface area contributed by atoms with Gasteiger partial charge in [0.05, 0.1) is 13.2 Å². The van der Waals surface area contributed by atoms with Crippen molar-refractivity contribution in [2.45, 2.75) is 44.8 Å². The molecule has 2 rings (SSSR count). The van der Waals surface area contributed by atoms with E-state index in [0.29, 0.717) is 6.42 Å². The van der Waals surface area contributed by atoms with Crippen LogP contribution in [0.4, 0.5) is 0 Å². The fourth-order valence-electron chi connectivity index (χ4n) is 2.26. The largest absolute Gasteiger partial charge is 0.497 e. The average Bonchev–Trinajstić information content (AvgIpc) is 2.83. The average molecular weight is 248 g/mol. The summed E-state index contributed by atoms with van der Waals surface area (Å²) in [7, 11) is 1.65. The molecule has 0 saturated carbocycles. The molecule has 1 saturated heterocycles. The molecule has 2 unspecified atom stereocenters. The number of hydrogen-bond donors (Lipinski definition) is 0. The third-order valence-electron chi connectivity index (χ3n) is 3.41. The van der Waals surface area contributed by atoms with Crippen molar-refractivity contribution in [1.29, 1.82) is 0 Å². The molecule has 2 atom stereocenters. The third kappa shape index (κ3) is 3.33. The van der Waals surface area contributed by atoms with Crippen molar-refractivity contribution in [3.63, 3.8) is 0 Å². The molecule has 0 spiro atoms. The van der Waals surface area contributed by atoms with Gasteiger partial charge >= 0.3 is 0 Å². The molecule has 1 heterocycles. The summed E-state index contributed by atoms with van der Waals surface area (Å²) in [5, 5.41) is 0. The van der Waals surface area contributed by atoms with Crippen LogP contribution in [0, 0.1) is 0 Å². The Hall–Kier alpha value is -1.35. The van der Waals surface area contributed by atoms with Crippen molar-refractivity contribution >= 4 is 5.78 Å². The fraction of sp³-hybridized carbons (Fsp3) is 0.533. The van der Waals surface area contributed by atoms with E-state index in [0.717, 1.165) is 30.6 Å². The first-order valence-corrected chi connectivity index (χ1v) is 6.50. The molecule has 0 N–H and O–H groups in total. The van der Waals surface area contributed by atoms with Crippen LogP contribution in [0.25, 0.3) is 0 Å². The molecule has 98 valence electrons. The third-order valence-corrected chi connectivity index (χ3v) is 3.41. The maximum Gasteiger partial charge on any atom is 0.161 e. The number of hydrogen-bond acceptors (Lipinski definition) is 3. The SMILES string of the molecule is COc1ccc(CCC(=O)C2CCC(C)O2)cc1. The molecular formula is C15H20O3. The van der Waals surface area contributed by atoms with Crippen molar-refractivity contribution in [2.24, 2.45) is 0 Å². The van der Waals surface area contributed by atoms with Gasteiger partial charge < -0.3 is 9.47 Å². The van der Waals surface area contributed by atoms with Crippen molar-refractivity contribution < 1.29 is 14.3 Å². The summed E-state index contributed by atoms with van der Waals surface area (Å²) in [4.78, 5) is 11.9. The van der Waals surface area contributed by atoms with E-state index in [2.05, 4.69) is 0 Å². The van der Waals surface area contributed by atoms with E-state index in [9.17, 15) is 4.79 Å². The normalized spacial score (nSPS) is 23.0. The van der Waals surface area contributed by atoms with E-state index < -0.39 is 0 Å². The van der Waals surface area contributed by atoms with E-state index in [1.54, 1.807) is 7.11 Å². The molecule has 1 aromatic carbocycles. The minimum Gasteiger partial charge on any atom is -0.497 e. The first kappa shape index (κ1) is 13.1. The second-order valence-corrected chi connectivity index (χ2v) is 4.83. The predicted molar refractivity (Wildman–Crippen MR) is 69.9 cm³/mol. The van der Waals surface area contributed by atoms with E-state index in [1.165, 1.54) is 0 Å². The number of carbonyl (C=O) groups is 1. The standard InChI is InChI=1S/C15H20O3/c1-11-3-10-15(18-11)14(16)9-6-12-4-7-13(17-2)8-5-12/h4-5,7-8,11,15H,3,6,9-10H2,1-2H3. The summed E-state index contributed by atoms with van der Waals surface area (Å²) in [6.07, 6.45) is 3.28. The van der Waals surface area contributed by atoms with Crippen LogP contribution in [0.15, 0.2) is 24.3 Å². The summed E-state index contributed by atoms with van der Waals surface area (Å²) in [5.41, 5.74) is 1.16. The molecule has 0 bridgehead atoms. The number of methoxy groups -OCH3 is 1. The molecule has 1 aliphatic heterocycles. The van der Waals surface area contributed by atoms with Crippen LogP contribution in [0.2, 0.25) is 0 Å². The lowest BCUT2D eigenvalue weighted by molar-refractivity contribution is -0.129. The van der Waals surface area contributed by atoms with Gasteiger partial charge in [-0.25, -0.2) is 0 Å². The topological polar surface area (TPSA) is 35.5 Å². The van der Waals surface area contributed by atoms with Crippen LogP contribution in [0.1, 0.15) is 31.7 Å². The molecule has 1 aromatic rings. The van der Waals surface area contributed by atoms with Crippen molar-refractivity contribution in [1.82, 2.24) is 0 Å². The molecule has 0 amide bonds. The zero-order valence-electron chi connectivity index (χ0n) is 11.0. The van der Waals surface area contributed by atoms with Crippen LogP contribution in [-0.4, -0.2) is 25.1 Å². The Bertz CT molecular complexity index is 397. The first-order chi connectivity index (χ1) is 8.69. The lowest BCUT2D eigenvalue weighted by Crippen LogP contribution is -2.21. The second-order valence-electron chi connectivity index (χ2n) is 4.83. The molecule has 3 nitrogen and oxygen atoms in total. The van der Waals surface area contributed by atoms with Crippen LogP contribution in [0.5, 0.6) is 5.75 Å². The number of ether oxygens (including phenoxy) is 2. The highest BCUT2D eigenvalue weighted by molar-refractivity contribution is 5.83. The fourth-order valence-corrected chi connectivity index (χ4v) is 2.26.